The Morgan fingerprint density at radius 1 is 1.10 bits per heavy atom. The number of rotatable bonds is 6. The molecule has 0 aliphatic carbocycles. The van der Waals surface area contributed by atoms with Crippen molar-refractivity contribution in [2.24, 2.45) is 5.92 Å². The zero-order chi connectivity index (χ0) is 22.0. The molecule has 8 nitrogen and oxygen atoms in total. The van der Waals surface area contributed by atoms with Crippen LogP contribution in [0.1, 0.15) is 45.0 Å². The van der Waals surface area contributed by atoms with Gasteiger partial charge < -0.3 is 20.5 Å². The molecule has 4 rings (SSSR count). The molecule has 164 valence electrons. The normalized spacial score (nSPS) is 17.6. The summed E-state index contributed by atoms with van der Waals surface area (Å²) in [5.74, 6) is 1.24. The van der Waals surface area contributed by atoms with Gasteiger partial charge in [0.25, 0.3) is 0 Å². The van der Waals surface area contributed by atoms with Crippen LogP contribution in [0.5, 0.6) is 0 Å². The van der Waals surface area contributed by atoms with Crippen molar-refractivity contribution < 1.29 is 4.52 Å². The van der Waals surface area contributed by atoms with Crippen molar-refractivity contribution in [3.8, 4) is 11.1 Å². The molecule has 1 fully saturated rings. The summed E-state index contributed by atoms with van der Waals surface area (Å²) < 4.78 is 5.60. The second kappa shape index (κ2) is 8.63. The van der Waals surface area contributed by atoms with E-state index < -0.39 is 0 Å². The van der Waals surface area contributed by atoms with Crippen LogP contribution in [0.15, 0.2) is 41.2 Å². The molecule has 1 aliphatic rings. The number of hydrogen-bond acceptors (Lipinski definition) is 8. The minimum Gasteiger partial charge on any atom is -0.368 e. The first-order valence-electron chi connectivity index (χ1n) is 10.8. The number of nitrogens with one attached hydrogen (secondary N) is 1. The average molecular weight is 422 g/mol. The van der Waals surface area contributed by atoms with Crippen molar-refractivity contribution in [2.75, 3.05) is 31.2 Å². The van der Waals surface area contributed by atoms with Gasteiger partial charge in [0.15, 0.2) is 5.82 Å². The number of piperidine rings is 1. The molecule has 1 aliphatic heterocycles. The minimum atomic E-state index is -0.383. The highest BCUT2D eigenvalue weighted by Gasteiger charge is 2.37. The van der Waals surface area contributed by atoms with Crippen molar-refractivity contribution >= 4 is 12.0 Å². The van der Waals surface area contributed by atoms with E-state index in [4.69, 9.17) is 15.2 Å². The first-order valence-corrected chi connectivity index (χ1v) is 10.8. The van der Waals surface area contributed by atoms with Crippen LogP contribution in [0.2, 0.25) is 0 Å². The summed E-state index contributed by atoms with van der Waals surface area (Å²) in [6, 6.07) is 9.26. The predicted octanol–water partition coefficient (Wildman–Crippen LogP) is 3.58. The molecule has 31 heavy (non-hydrogen) atoms. The van der Waals surface area contributed by atoms with Gasteiger partial charge in [-0.25, -0.2) is 9.97 Å². The first kappa shape index (κ1) is 21.2. The van der Waals surface area contributed by atoms with Gasteiger partial charge in [0.2, 0.25) is 5.95 Å². The maximum absolute atomic E-state index is 5.60. The van der Waals surface area contributed by atoms with Crippen LogP contribution in [0.4, 0.5) is 12.0 Å². The van der Waals surface area contributed by atoms with Gasteiger partial charge in [0, 0.05) is 24.0 Å². The van der Waals surface area contributed by atoms with Gasteiger partial charge in [0.1, 0.15) is 0 Å². The lowest BCUT2D eigenvalue weighted by Crippen LogP contribution is -2.36. The fourth-order valence-corrected chi connectivity index (χ4v) is 4.04. The van der Waals surface area contributed by atoms with Gasteiger partial charge >= 0.3 is 6.01 Å². The zero-order valence-electron chi connectivity index (χ0n) is 18.7. The lowest BCUT2D eigenvalue weighted by molar-refractivity contribution is 0.261. The molecule has 1 unspecified atom stereocenters. The summed E-state index contributed by atoms with van der Waals surface area (Å²) >= 11 is 0. The molecule has 8 heteroatoms. The van der Waals surface area contributed by atoms with Gasteiger partial charge in [-0.2, -0.15) is 4.98 Å². The SMILES string of the molecule is CC(C)C(C)(c1ccc(-c2cnc(N)nc2)cc1)c1noc(NC2CCN(C)CC2)n1. The predicted molar refractivity (Wildman–Crippen MR) is 122 cm³/mol. The standard InChI is InChI=1S/C23H31N7O/c1-15(2)23(3,18-7-5-16(6-8-18)17-13-25-21(24)26-14-17)20-28-22(31-29-20)27-19-9-11-30(4)12-10-19/h5-8,13-15,19H,9-12H2,1-4H3,(H2,24,25,26)(H,27,28,29). The smallest absolute Gasteiger partial charge is 0.321 e. The number of nitrogen functional groups attached to an aromatic ring is 1. The van der Waals surface area contributed by atoms with E-state index in [2.05, 4.69) is 77.4 Å². The summed E-state index contributed by atoms with van der Waals surface area (Å²) in [7, 11) is 2.15. The van der Waals surface area contributed by atoms with E-state index in [0.29, 0.717) is 17.9 Å². The third-order valence-corrected chi connectivity index (χ3v) is 6.58. The lowest BCUT2D eigenvalue weighted by atomic mass is 9.72. The third kappa shape index (κ3) is 4.39. The Morgan fingerprint density at radius 3 is 2.35 bits per heavy atom. The molecule has 1 saturated heterocycles. The molecular formula is C23H31N7O. The summed E-state index contributed by atoms with van der Waals surface area (Å²) in [5.41, 5.74) is 8.31. The van der Waals surface area contributed by atoms with Crippen LogP contribution in [-0.2, 0) is 5.41 Å². The Balaban J connectivity index is 1.56. The molecule has 2 aromatic heterocycles. The van der Waals surface area contributed by atoms with Gasteiger partial charge in [-0.3, -0.25) is 0 Å². The molecular weight excluding hydrogens is 390 g/mol. The molecule has 0 amide bonds. The quantitative estimate of drug-likeness (QED) is 0.622. The number of hydrogen-bond donors (Lipinski definition) is 2. The number of likely N-dealkylation sites (tertiary alicyclic amines) is 1. The average Bonchev–Trinajstić information content (AvgIpc) is 3.24. The molecule has 0 radical (unpaired) electrons. The topological polar surface area (TPSA) is 106 Å². The van der Waals surface area contributed by atoms with Crippen LogP contribution >= 0.6 is 0 Å². The van der Waals surface area contributed by atoms with E-state index in [-0.39, 0.29) is 17.3 Å². The van der Waals surface area contributed by atoms with Crippen molar-refractivity contribution in [2.45, 2.75) is 45.1 Å². The maximum Gasteiger partial charge on any atom is 0.321 e. The number of nitrogens with two attached hydrogens (primary N) is 1. The highest BCUT2D eigenvalue weighted by atomic mass is 16.5. The van der Waals surface area contributed by atoms with Gasteiger partial charge in [-0.1, -0.05) is 43.3 Å². The highest BCUT2D eigenvalue weighted by Crippen LogP contribution is 2.38. The molecule has 0 bridgehead atoms. The van der Waals surface area contributed by atoms with Gasteiger partial charge in [-0.15, -0.1) is 0 Å². The molecule has 3 aromatic rings. The number of benzene rings is 1. The lowest BCUT2D eigenvalue weighted by Gasteiger charge is -2.31. The molecule has 1 atom stereocenters. The summed E-state index contributed by atoms with van der Waals surface area (Å²) in [6.45, 7) is 8.69. The fraction of sp³-hybridized carbons (Fsp3) is 0.478. The van der Waals surface area contributed by atoms with Crippen LogP contribution in [0.25, 0.3) is 11.1 Å². The molecule has 0 saturated carbocycles. The first-order chi connectivity index (χ1) is 14.9. The van der Waals surface area contributed by atoms with Gasteiger partial charge in [-0.05, 0) is 56.9 Å². The van der Waals surface area contributed by atoms with E-state index in [1.165, 1.54) is 0 Å². The Bertz CT molecular complexity index is 992. The largest absolute Gasteiger partial charge is 0.368 e. The van der Waals surface area contributed by atoms with E-state index in [0.717, 1.165) is 42.6 Å². The second-order valence-corrected chi connectivity index (χ2v) is 8.91. The Kier molecular flexibility index (Phi) is 5.91. The fourth-order valence-electron chi connectivity index (χ4n) is 4.04. The molecule has 3 N–H and O–H groups in total. The summed E-state index contributed by atoms with van der Waals surface area (Å²) in [5, 5.41) is 7.79. The van der Waals surface area contributed by atoms with E-state index in [9.17, 15) is 0 Å². The van der Waals surface area contributed by atoms with Crippen LogP contribution in [0, 0.1) is 5.92 Å². The Hall–Kier alpha value is -3.00. The molecule has 0 spiro atoms. The Morgan fingerprint density at radius 2 is 1.74 bits per heavy atom. The van der Waals surface area contributed by atoms with E-state index >= 15 is 0 Å². The minimum absolute atomic E-state index is 0.270. The number of nitrogens with zero attached hydrogens (tertiary/aromatic N) is 5. The molecule has 1 aromatic carbocycles. The van der Waals surface area contributed by atoms with Crippen LogP contribution in [-0.4, -0.2) is 51.2 Å². The van der Waals surface area contributed by atoms with E-state index in [1.807, 2.05) is 0 Å². The molecule has 3 heterocycles. The van der Waals surface area contributed by atoms with Crippen LogP contribution < -0.4 is 11.1 Å². The highest BCUT2D eigenvalue weighted by molar-refractivity contribution is 5.62. The Labute approximate surface area is 183 Å². The van der Waals surface area contributed by atoms with Crippen molar-refractivity contribution in [3.05, 3.63) is 48.0 Å². The van der Waals surface area contributed by atoms with Crippen LogP contribution in [0.3, 0.4) is 0 Å². The maximum atomic E-state index is 5.60. The summed E-state index contributed by atoms with van der Waals surface area (Å²) in [4.78, 5) is 15.3. The number of aromatic nitrogens is 4. The van der Waals surface area contributed by atoms with Crippen molar-refractivity contribution in [1.29, 1.82) is 0 Å². The van der Waals surface area contributed by atoms with Crippen molar-refractivity contribution in [3.63, 3.8) is 0 Å². The monoisotopic (exact) mass is 421 g/mol. The van der Waals surface area contributed by atoms with Crippen molar-refractivity contribution in [1.82, 2.24) is 25.0 Å². The van der Waals surface area contributed by atoms with Gasteiger partial charge in [0.05, 0.1) is 5.41 Å². The van der Waals surface area contributed by atoms with E-state index in [1.54, 1.807) is 12.4 Å². The second-order valence-electron chi connectivity index (χ2n) is 8.91. The number of anilines is 2. The third-order valence-electron chi connectivity index (χ3n) is 6.58. The summed E-state index contributed by atoms with van der Waals surface area (Å²) in [6.07, 6.45) is 5.62. The zero-order valence-corrected chi connectivity index (χ0v) is 18.7.